The number of carbonyl (C=O) groups excluding carboxylic acids is 2. The maximum Gasteiger partial charge on any atom is 0.256 e. The summed E-state index contributed by atoms with van der Waals surface area (Å²) in [6, 6.07) is 1.82. The van der Waals surface area contributed by atoms with Gasteiger partial charge in [0.1, 0.15) is 5.65 Å². The lowest BCUT2D eigenvalue weighted by Gasteiger charge is -2.09. The molecule has 0 atom stereocenters. The van der Waals surface area contributed by atoms with Gasteiger partial charge >= 0.3 is 0 Å². The summed E-state index contributed by atoms with van der Waals surface area (Å²) >= 11 is 0. The number of H-pyrrole nitrogens is 1. The number of amides is 2. The molecule has 2 amide bonds. The molecule has 0 aliphatic heterocycles. The molecule has 0 aliphatic carbocycles. The topological polar surface area (TPSA) is 100 Å². The van der Waals surface area contributed by atoms with Crippen LogP contribution in [0.15, 0.2) is 23.1 Å². The molecule has 0 saturated carbocycles. The Morgan fingerprint density at radius 2 is 2.12 bits per heavy atom. The fourth-order valence-corrected chi connectivity index (χ4v) is 2.28. The highest BCUT2D eigenvalue weighted by Crippen LogP contribution is 2.15. The summed E-state index contributed by atoms with van der Waals surface area (Å²) in [5.41, 5.74) is 0.737. The van der Waals surface area contributed by atoms with Gasteiger partial charge in [0.2, 0.25) is 11.8 Å². The second kappa shape index (κ2) is 7.78. The van der Waals surface area contributed by atoms with E-state index in [1.54, 1.807) is 31.0 Å². The zero-order valence-electron chi connectivity index (χ0n) is 14.9. The third-order valence-corrected chi connectivity index (χ3v) is 3.67. The molecule has 25 heavy (non-hydrogen) atoms. The first kappa shape index (κ1) is 18.4. The van der Waals surface area contributed by atoms with Gasteiger partial charge in [0, 0.05) is 50.1 Å². The minimum Gasteiger partial charge on any atom is -0.352 e. The number of hydrogen-bond donors (Lipinski definition) is 2. The molecular weight excluding hydrogens is 322 g/mol. The fraction of sp³-hybridized carbons (Fsp3) is 0.412. The van der Waals surface area contributed by atoms with Crippen LogP contribution in [0.1, 0.15) is 31.9 Å². The minimum atomic E-state index is -0.357. The molecule has 0 unspecified atom stereocenters. The first-order chi connectivity index (χ1) is 11.8. The number of pyridine rings is 1. The van der Waals surface area contributed by atoms with Gasteiger partial charge in [-0.2, -0.15) is 5.10 Å². The van der Waals surface area contributed by atoms with E-state index in [0.717, 1.165) is 5.39 Å². The van der Waals surface area contributed by atoms with Crippen LogP contribution < -0.4 is 10.9 Å². The molecule has 2 rings (SSSR count). The second-order valence-electron chi connectivity index (χ2n) is 6.20. The number of carbonyl (C=O) groups is 2. The summed E-state index contributed by atoms with van der Waals surface area (Å²) in [5.74, 6) is -0.419. The van der Waals surface area contributed by atoms with E-state index in [-0.39, 0.29) is 36.4 Å². The van der Waals surface area contributed by atoms with E-state index >= 15 is 0 Å². The quantitative estimate of drug-likeness (QED) is 0.760. The predicted molar refractivity (Wildman–Crippen MR) is 96.1 cm³/mol. The summed E-state index contributed by atoms with van der Waals surface area (Å²) in [4.78, 5) is 39.6. The Labute approximate surface area is 145 Å². The summed E-state index contributed by atoms with van der Waals surface area (Å²) in [6.45, 7) is 4.20. The molecule has 0 saturated heterocycles. The highest BCUT2D eigenvalue weighted by Gasteiger charge is 2.09. The van der Waals surface area contributed by atoms with Crippen LogP contribution in [0.4, 0.5) is 0 Å². The van der Waals surface area contributed by atoms with E-state index < -0.39 is 0 Å². The Bertz CT molecular complexity index is 861. The molecule has 0 aliphatic rings. The Morgan fingerprint density at radius 1 is 1.40 bits per heavy atom. The molecule has 0 spiro atoms. The lowest BCUT2D eigenvalue weighted by molar-refractivity contribution is -0.128. The van der Waals surface area contributed by atoms with Crippen LogP contribution in [0, 0.1) is 0 Å². The van der Waals surface area contributed by atoms with Crippen LogP contribution in [-0.2, 0) is 9.59 Å². The number of fused-ring (bicyclic) bond motifs is 1. The van der Waals surface area contributed by atoms with Gasteiger partial charge in [-0.15, -0.1) is 0 Å². The molecule has 2 aromatic rings. The van der Waals surface area contributed by atoms with Gasteiger partial charge in [-0.05, 0) is 26.0 Å². The molecule has 2 N–H and O–H groups in total. The van der Waals surface area contributed by atoms with Gasteiger partial charge in [0.15, 0.2) is 0 Å². The molecule has 0 aromatic carbocycles. The second-order valence-corrected chi connectivity index (χ2v) is 6.20. The smallest absolute Gasteiger partial charge is 0.256 e. The fourth-order valence-electron chi connectivity index (χ4n) is 2.28. The van der Waals surface area contributed by atoms with Gasteiger partial charge in [-0.1, -0.05) is 0 Å². The van der Waals surface area contributed by atoms with E-state index in [1.165, 1.54) is 17.1 Å². The lowest BCUT2D eigenvalue weighted by atomic mass is 10.2. The third kappa shape index (κ3) is 4.56. The largest absolute Gasteiger partial charge is 0.352 e. The van der Waals surface area contributed by atoms with Crippen molar-refractivity contribution < 1.29 is 9.59 Å². The summed E-state index contributed by atoms with van der Waals surface area (Å²) in [6.07, 6.45) is 4.64. The summed E-state index contributed by atoms with van der Waals surface area (Å²) in [7, 11) is 3.32. The Hall–Kier alpha value is -2.90. The van der Waals surface area contributed by atoms with Crippen molar-refractivity contribution in [3.63, 3.8) is 0 Å². The third-order valence-electron chi connectivity index (χ3n) is 3.67. The Morgan fingerprint density at radius 3 is 2.76 bits per heavy atom. The van der Waals surface area contributed by atoms with Crippen LogP contribution in [0.3, 0.4) is 0 Å². The number of hydrogen-bond acceptors (Lipinski definition) is 4. The lowest BCUT2D eigenvalue weighted by Crippen LogP contribution is -2.29. The molecule has 0 bridgehead atoms. The van der Waals surface area contributed by atoms with Crippen molar-refractivity contribution in [3.05, 3.63) is 34.3 Å². The number of rotatable bonds is 6. The van der Waals surface area contributed by atoms with Crippen molar-refractivity contribution in [2.75, 3.05) is 20.6 Å². The maximum absolute atomic E-state index is 12.2. The number of nitrogens with one attached hydrogen (secondary N) is 2. The number of nitrogens with zero attached hydrogens (tertiary/aromatic N) is 3. The Kier molecular flexibility index (Phi) is 5.74. The number of aromatic amines is 1. The molecule has 134 valence electrons. The van der Waals surface area contributed by atoms with Crippen molar-refractivity contribution in [2.24, 2.45) is 0 Å². The van der Waals surface area contributed by atoms with E-state index in [0.29, 0.717) is 11.2 Å². The van der Waals surface area contributed by atoms with Crippen molar-refractivity contribution in [3.8, 4) is 0 Å². The summed E-state index contributed by atoms with van der Waals surface area (Å²) < 4.78 is 1.73. The molecular formula is C17H23N5O3. The molecule has 0 radical (unpaired) electrons. The Balaban J connectivity index is 2.05. The predicted octanol–water partition coefficient (Wildman–Crippen LogP) is 0.913. The molecule has 2 heterocycles. The van der Waals surface area contributed by atoms with Crippen LogP contribution in [0.2, 0.25) is 0 Å². The van der Waals surface area contributed by atoms with Gasteiger partial charge in [0.05, 0.1) is 6.20 Å². The SMILES string of the molecule is CC(C)n1ncc2cc(/C=C/C(=O)NCCC(=O)N(C)C)c(=O)[nH]c21. The molecule has 2 aromatic heterocycles. The molecule has 8 heteroatoms. The average molecular weight is 345 g/mol. The van der Waals surface area contributed by atoms with Gasteiger partial charge in [-0.25, -0.2) is 4.68 Å². The molecule has 8 nitrogen and oxygen atoms in total. The van der Waals surface area contributed by atoms with Gasteiger partial charge in [0.25, 0.3) is 5.56 Å². The highest BCUT2D eigenvalue weighted by atomic mass is 16.2. The van der Waals surface area contributed by atoms with E-state index in [2.05, 4.69) is 15.4 Å². The average Bonchev–Trinajstić information content (AvgIpc) is 2.95. The first-order valence-corrected chi connectivity index (χ1v) is 8.06. The van der Waals surface area contributed by atoms with Crippen LogP contribution in [0.25, 0.3) is 17.1 Å². The minimum absolute atomic E-state index is 0.0617. The zero-order chi connectivity index (χ0) is 18.6. The highest BCUT2D eigenvalue weighted by molar-refractivity contribution is 5.92. The first-order valence-electron chi connectivity index (χ1n) is 8.06. The van der Waals surface area contributed by atoms with Crippen molar-refractivity contribution >= 4 is 28.9 Å². The molecule has 0 fully saturated rings. The van der Waals surface area contributed by atoms with Crippen LogP contribution >= 0.6 is 0 Å². The van der Waals surface area contributed by atoms with E-state index in [9.17, 15) is 14.4 Å². The maximum atomic E-state index is 12.2. The normalized spacial score (nSPS) is 11.4. The standard InChI is InChI=1S/C17H23N5O3/c1-11(2)22-16-13(10-19-22)9-12(17(25)20-16)5-6-14(23)18-8-7-15(24)21(3)4/h5-6,9-11H,7-8H2,1-4H3,(H,18,23)(H,20,25)/b6-5+. The van der Waals surface area contributed by atoms with Crippen molar-refractivity contribution in [2.45, 2.75) is 26.3 Å². The zero-order valence-corrected chi connectivity index (χ0v) is 14.9. The van der Waals surface area contributed by atoms with Gasteiger partial charge in [-0.3, -0.25) is 14.4 Å². The van der Waals surface area contributed by atoms with Crippen molar-refractivity contribution in [1.82, 2.24) is 25.0 Å². The summed E-state index contributed by atoms with van der Waals surface area (Å²) in [5, 5.41) is 7.66. The van der Waals surface area contributed by atoms with E-state index in [4.69, 9.17) is 0 Å². The van der Waals surface area contributed by atoms with Crippen LogP contribution in [0.5, 0.6) is 0 Å². The van der Waals surface area contributed by atoms with E-state index in [1.807, 2.05) is 13.8 Å². The monoisotopic (exact) mass is 345 g/mol. The van der Waals surface area contributed by atoms with Crippen LogP contribution in [-0.4, -0.2) is 52.1 Å². The number of aromatic nitrogens is 3. The van der Waals surface area contributed by atoms with Crippen molar-refractivity contribution in [1.29, 1.82) is 0 Å². The van der Waals surface area contributed by atoms with Gasteiger partial charge < -0.3 is 15.2 Å².